The van der Waals surface area contributed by atoms with E-state index in [4.69, 9.17) is 14.9 Å². The summed E-state index contributed by atoms with van der Waals surface area (Å²) in [5, 5.41) is 3.09. The number of para-hydroxylation sites is 1. The molecule has 2 aromatic rings. The molecule has 0 amide bonds. The molecule has 112 valence electrons. The van der Waals surface area contributed by atoms with Crippen molar-refractivity contribution >= 4 is 17.3 Å². The van der Waals surface area contributed by atoms with E-state index in [1.807, 2.05) is 6.92 Å². The smallest absolute Gasteiger partial charge is 0.340 e. The Labute approximate surface area is 123 Å². The third-order valence-electron chi connectivity index (χ3n) is 2.96. The number of anilines is 2. The highest BCUT2D eigenvalue weighted by Crippen LogP contribution is 2.25. The summed E-state index contributed by atoms with van der Waals surface area (Å²) in [5.74, 6) is 0.956. The van der Waals surface area contributed by atoms with Crippen molar-refractivity contribution in [2.24, 2.45) is 0 Å². The zero-order chi connectivity index (χ0) is 15.2. The number of esters is 1. The van der Waals surface area contributed by atoms with Gasteiger partial charge in [0.15, 0.2) is 0 Å². The van der Waals surface area contributed by atoms with Gasteiger partial charge in [0.05, 0.1) is 36.3 Å². The van der Waals surface area contributed by atoms with Gasteiger partial charge in [-0.3, -0.25) is 0 Å². The van der Waals surface area contributed by atoms with Gasteiger partial charge in [-0.15, -0.1) is 0 Å². The molecule has 0 saturated heterocycles. The Balaban J connectivity index is 2.16. The molecule has 1 heterocycles. The van der Waals surface area contributed by atoms with E-state index in [0.717, 1.165) is 12.2 Å². The van der Waals surface area contributed by atoms with Crippen LogP contribution in [-0.2, 0) is 17.7 Å². The second kappa shape index (κ2) is 6.78. The van der Waals surface area contributed by atoms with Crippen molar-refractivity contribution in [1.29, 1.82) is 0 Å². The molecular formula is C15H19N3O3. The van der Waals surface area contributed by atoms with E-state index in [1.165, 1.54) is 0 Å². The van der Waals surface area contributed by atoms with Crippen LogP contribution in [0.5, 0.6) is 0 Å². The first-order valence-corrected chi connectivity index (χ1v) is 6.88. The Hall–Kier alpha value is -2.50. The van der Waals surface area contributed by atoms with Gasteiger partial charge in [-0.1, -0.05) is 13.0 Å². The fourth-order valence-electron chi connectivity index (χ4n) is 1.90. The van der Waals surface area contributed by atoms with Crippen molar-refractivity contribution in [2.75, 3.05) is 17.7 Å². The van der Waals surface area contributed by atoms with Crippen LogP contribution in [0.3, 0.4) is 0 Å². The lowest BCUT2D eigenvalue weighted by Crippen LogP contribution is -2.11. The number of ether oxygens (including phenoxy) is 1. The zero-order valence-electron chi connectivity index (χ0n) is 12.2. The summed E-state index contributed by atoms with van der Waals surface area (Å²) in [7, 11) is 0. The molecule has 6 nitrogen and oxygen atoms in total. The summed E-state index contributed by atoms with van der Waals surface area (Å²) in [5.41, 5.74) is 7.34. The monoisotopic (exact) mass is 289 g/mol. The maximum absolute atomic E-state index is 11.9. The van der Waals surface area contributed by atoms with E-state index >= 15 is 0 Å². The van der Waals surface area contributed by atoms with Gasteiger partial charge in [0.25, 0.3) is 0 Å². The fourth-order valence-corrected chi connectivity index (χ4v) is 1.90. The number of carbonyl (C=O) groups is 1. The summed E-state index contributed by atoms with van der Waals surface area (Å²) < 4.78 is 10.5. The first-order valence-electron chi connectivity index (χ1n) is 6.88. The summed E-state index contributed by atoms with van der Waals surface area (Å²) in [6.45, 7) is 4.41. The van der Waals surface area contributed by atoms with Crippen molar-refractivity contribution < 1.29 is 13.9 Å². The Kier molecular flexibility index (Phi) is 4.81. The van der Waals surface area contributed by atoms with Gasteiger partial charge in [0.2, 0.25) is 5.89 Å². The lowest BCUT2D eigenvalue weighted by atomic mass is 10.1. The Bertz CT molecular complexity index is 622. The molecule has 1 aromatic carbocycles. The second-order valence-corrected chi connectivity index (χ2v) is 4.42. The van der Waals surface area contributed by atoms with Crippen LogP contribution in [0.4, 0.5) is 11.4 Å². The van der Waals surface area contributed by atoms with Crippen LogP contribution >= 0.6 is 0 Å². The average Bonchev–Trinajstić information content (AvgIpc) is 2.94. The molecular weight excluding hydrogens is 270 g/mol. The van der Waals surface area contributed by atoms with Crippen molar-refractivity contribution in [3.8, 4) is 0 Å². The minimum atomic E-state index is -0.408. The largest absolute Gasteiger partial charge is 0.462 e. The van der Waals surface area contributed by atoms with E-state index in [9.17, 15) is 4.79 Å². The lowest BCUT2D eigenvalue weighted by Gasteiger charge is -2.12. The number of nitrogens with one attached hydrogen (secondary N) is 1. The van der Waals surface area contributed by atoms with Crippen LogP contribution in [0, 0.1) is 0 Å². The van der Waals surface area contributed by atoms with Gasteiger partial charge >= 0.3 is 5.97 Å². The number of carbonyl (C=O) groups excluding carboxylic acids is 1. The van der Waals surface area contributed by atoms with Crippen molar-refractivity contribution in [3.05, 3.63) is 41.6 Å². The van der Waals surface area contributed by atoms with Crippen LogP contribution in [0.25, 0.3) is 0 Å². The number of nitrogen functional groups attached to an aromatic ring is 1. The van der Waals surface area contributed by atoms with E-state index in [2.05, 4.69) is 10.3 Å². The minimum absolute atomic E-state index is 0.312. The van der Waals surface area contributed by atoms with Crippen LogP contribution in [0.15, 0.2) is 28.8 Å². The molecule has 0 saturated carbocycles. The van der Waals surface area contributed by atoms with Gasteiger partial charge in [-0.25, -0.2) is 9.78 Å². The molecule has 0 aliphatic heterocycles. The molecule has 0 bridgehead atoms. The predicted octanol–water partition coefficient (Wildman–Crippen LogP) is 2.61. The molecule has 21 heavy (non-hydrogen) atoms. The predicted molar refractivity (Wildman–Crippen MR) is 80.0 cm³/mol. The highest BCUT2D eigenvalue weighted by Gasteiger charge is 2.15. The standard InChI is InChI=1S/C15H19N3O3/c1-3-10-8-17-13(21-10)9-18-14-11(15(19)20-4-2)6-5-7-12(14)16/h5-8,18H,3-4,9,16H2,1-2H3. The Morgan fingerprint density at radius 2 is 2.24 bits per heavy atom. The summed E-state index contributed by atoms with van der Waals surface area (Å²) >= 11 is 0. The van der Waals surface area contributed by atoms with E-state index in [0.29, 0.717) is 36.0 Å². The number of hydrogen-bond acceptors (Lipinski definition) is 6. The van der Waals surface area contributed by atoms with Crippen LogP contribution < -0.4 is 11.1 Å². The first kappa shape index (κ1) is 14.9. The molecule has 2 rings (SSSR count). The number of rotatable bonds is 6. The molecule has 0 aliphatic rings. The van der Waals surface area contributed by atoms with Gasteiger partial charge in [0.1, 0.15) is 5.76 Å². The van der Waals surface area contributed by atoms with Crippen LogP contribution in [-0.4, -0.2) is 17.6 Å². The zero-order valence-corrected chi connectivity index (χ0v) is 12.2. The normalized spacial score (nSPS) is 10.4. The van der Waals surface area contributed by atoms with Gasteiger partial charge in [0, 0.05) is 6.42 Å². The topological polar surface area (TPSA) is 90.4 Å². The molecule has 0 aliphatic carbocycles. The van der Waals surface area contributed by atoms with E-state index in [1.54, 1.807) is 31.3 Å². The molecule has 0 unspecified atom stereocenters. The number of aryl methyl sites for hydroxylation is 1. The van der Waals surface area contributed by atoms with Crippen LogP contribution in [0.2, 0.25) is 0 Å². The van der Waals surface area contributed by atoms with Crippen molar-refractivity contribution in [3.63, 3.8) is 0 Å². The number of hydrogen-bond donors (Lipinski definition) is 2. The molecule has 3 N–H and O–H groups in total. The first-order chi connectivity index (χ1) is 10.2. The molecule has 0 spiro atoms. The number of nitrogens with zero attached hydrogens (tertiary/aromatic N) is 1. The Morgan fingerprint density at radius 1 is 1.43 bits per heavy atom. The minimum Gasteiger partial charge on any atom is -0.462 e. The number of nitrogens with two attached hydrogens (primary N) is 1. The summed E-state index contributed by atoms with van der Waals surface area (Å²) in [6.07, 6.45) is 2.48. The highest BCUT2D eigenvalue weighted by atomic mass is 16.5. The van der Waals surface area contributed by atoms with E-state index < -0.39 is 5.97 Å². The summed E-state index contributed by atoms with van der Waals surface area (Å²) in [4.78, 5) is 16.1. The Morgan fingerprint density at radius 3 is 2.90 bits per heavy atom. The van der Waals surface area contributed by atoms with Crippen molar-refractivity contribution in [2.45, 2.75) is 26.8 Å². The molecule has 0 fully saturated rings. The quantitative estimate of drug-likeness (QED) is 0.627. The fraction of sp³-hybridized carbons (Fsp3) is 0.333. The highest BCUT2D eigenvalue weighted by molar-refractivity contribution is 5.98. The van der Waals surface area contributed by atoms with Crippen LogP contribution in [0.1, 0.15) is 35.9 Å². The van der Waals surface area contributed by atoms with E-state index in [-0.39, 0.29) is 0 Å². The molecule has 6 heteroatoms. The molecule has 0 radical (unpaired) electrons. The maximum atomic E-state index is 11.9. The SMILES string of the molecule is CCOC(=O)c1cccc(N)c1NCc1ncc(CC)o1. The van der Waals surface area contributed by atoms with Gasteiger partial charge < -0.3 is 20.2 Å². The number of benzene rings is 1. The van der Waals surface area contributed by atoms with Crippen molar-refractivity contribution in [1.82, 2.24) is 4.98 Å². The lowest BCUT2D eigenvalue weighted by molar-refractivity contribution is 0.0527. The van der Waals surface area contributed by atoms with Gasteiger partial charge in [-0.2, -0.15) is 0 Å². The molecule has 0 atom stereocenters. The second-order valence-electron chi connectivity index (χ2n) is 4.42. The molecule has 1 aromatic heterocycles. The number of oxazole rings is 1. The average molecular weight is 289 g/mol. The third kappa shape index (κ3) is 3.53. The number of aromatic nitrogens is 1. The van der Waals surface area contributed by atoms with Gasteiger partial charge in [-0.05, 0) is 19.1 Å². The third-order valence-corrected chi connectivity index (χ3v) is 2.96. The summed E-state index contributed by atoms with van der Waals surface area (Å²) in [6, 6.07) is 5.11. The maximum Gasteiger partial charge on any atom is 0.340 e.